The van der Waals surface area contributed by atoms with Gasteiger partial charge in [0, 0.05) is 49.3 Å². The maximum Gasteiger partial charge on any atom is 0.407 e. The van der Waals surface area contributed by atoms with Crippen molar-refractivity contribution in [2.24, 2.45) is 12.5 Å². The van der Waals surface area contributed by atoms with Gasteiger partial charge in [0.2, 0.25) is 0 Å². The summed E-state index contributed by atoms with van der Waals surface area (Å²) in [5.74, 6) is 0.836. The van der Waals surface area contributed by atoms with Crippen LogP contribution >= 0.6 is 11.6 Å². The second-order valence-electron chi connectivity index (χ2n) is 14.1. The van der Waals surface area contributed by atoms with Crippen LogP contribution in [0.25, 0.3) is 33.3 Å². The number of piperidine rings is 1. The van der Waals surface area contributed by atoms with E-state index < -0.39 is 11.7 Å². The third-order valence-electron chi connectivity index (χ3n) is 9.59. The van der Waals surface area contributed by atoms with Crippen LogP contribution in [0.3, 0.4) is 0 Å². The Balaban J connectivity index is 1.21. The van der Waals surface area contributed by atoms with E-state index in [4.69, 9.17) is 40.9 Å². The highest BCUT2D eigenvalue weighted by Crippen LogP contribution is 2.44. The van der Waals surface area contributed by atoms with E-state index in [-0.39, 0.29) is 23.8 Å². The van der Waals surface area contributed by atoms with Crippen LogP contribution in [0.15, 0.2) is 18.3 Å². The normalized spacial score (nSPS) is 23.5. The molecule has 6 heterocycles. The number of anilines is 1. The molecule has 7 rings (SSSR count). The zero-order valence-electron chi connectivity index (χ0n) is 27.5. The van der Waals surface area contributed by atoms with Gasteiger partial charge in [0.25, 0.3) is 0 Å². The second-order valence-corrected chi connectivity index (χ2v) is 14.4. The Labute approximate surface area is 273 Å². The van der Waals surface area contributed by atoms with Gasteiger partial charge in [-0.05, 0) is 78.9 Å². The molecule has 0 aliphatic carbocycles. The van der Waals surface area contributed by atoms with Crippen molar-refractivity contribution >= 4 is 45.6 Å². The van der Waals surface area contributed by atoms with Gasteiger partial charge in [-0.25, -0.2) is 19.4 Å². The number of nitrogens with zero attached hydrogens (tertiary/aromatic N) is 7. The first-order valence-corrected chi connectivity index (χ1v) is 16.7. The Morgan fingerprint density at radius 3 is 2.63 bits per heavy atom. The maximum atomic E-state index is 12.7. The van der Waals surface area contributed by atoms with Gasteiger partial charge in [0.05, 0.1) is 35.0 Å². The van der Waals surface area contributed by atoms with Gasteiger partial charge in [0.15, 0.2) is 17.7 Å². The van der Waals surface area contributed by atoms with E-state index in [0.717, 1.165) is 73.2 Å². The van der Waals surface area contributed by atoms with Crippen molar-refractivity contribution in [2.45, 2.75) is 90.7 Å². The molecule has 12 nitrogen and oxygen atoms in total. The van der Waals surface area contributed by atoms with E-state index in [1.165, 1.54) is 0 Å². The number of hydrogen-bond donors (Lipinski definition) is 1. The van der Waals surface area contributed by atoms with E-state index in [2.05, 4.69) is 15.3 Å². The molecule has 1 spiro atoms. The van der Waals surface area contributed by atoms with Crippen molar-refractivity contribution in [2.75, 3.05) is 31.2 Å². The van der Waals surface area contributed by atoms with Crippen LogP contribution in [0.5, 0.6) is 0 Å². The number of carbonyl (C=O) groups excluding carboxylic acids is 1. The number of rotatable bonds is 4. The molecule has 3 aliphatic heterocycles. The number of halogens is 1. The Morgan fingerprint density at radius 1 is 1.13 bits per heavy atom. The summed E-state index contributed by atoms with van der Waals surface area (Å²) >= 11 is 6.99. The topological polar surface area (TPSA) is 121 Å². The first kappa shape index (κ1) is 31.1. The van der Waals surface area contributed by atoms with E-state index in [1.54, 1.807) is 4.68 Å². The SMILES string of the molecule is Cc1nc2c(-c3ccc4nn(C)cc4c3Cl)nn(C3CCCCO3)c2nc1N1CCC2(CC1)CO[C@@H](C)[C@H]2NC(=O)OC(C)(C)C. The number of ether oxygens (including phenoxy) is 3. The number of fused-ring (bicyclic) bond motifs is 2. The molecule has 1 amide bonds. The zero-order valence-corrected chi connectivity index (χ0v) is 28.2. The molecule has 246 valence electrons. The van der Waals surface area contributed by atoms with Gasteiger partial charge in [-0.15, -0.1) is 0 Å². The fraction of sp³-hybridized carbons (Fsp3) is 0.606. The van der Waals surface area contributed by atoms with Crippen LogP contribution in [0.1, 0.15) is 71.7 Å². The zero-order chi connectivity index (χ0) is 32.4. The van der Waals surface area contributed by atoms with Crippen LogP contribution in [0, 0.1) is 12.3 Å². The fourth-order valence-corrected chi connectivity index (χ4v) is 7.59. The van der Waals surface area contributed by atoms with Crippen LogP contribution in [-0.4, -0.2) is 79.7 Å². The first-order valence-electron chi connectivity index (χ1n) is 16.3. The van der Waals surface area contributed by atoms with Crippen molar-refractivity contribution < 1.29 is 19.0 Å². The van der Waals surface area contributed by atoms with Gasteiger partial charge < -0.3 is 24.4 Å². The Hall–Kier alpha value is -3.48. The summed E-state index contributed by atoms with van der Waals surface area (Å²) in [6, 6.07) is 3.80. The molecule has 3 fully saturated rings. The molecule has 1 unspecified atom stereocenters. The molecule has 3 aromatic heterocycles. The lowest BCUT2D eigenvalue weighted by molar-refractivity contribution is -0.0368. The highest BCUT2D eigenvalue weighted by Gasteiger charge is 2.50. The molecule has 46 heavy (non-hydrogen) atoms. The van der Waals surface area contributed by atoms with Crippen LogP contribution < -0.4 is 10.2 Å². The van der Waals surface area contributed by atoms with Crippen molar-refractivity contribution in [3.8, 4) is 11.3 Å². The molecule has 3 aliphatic rings. The summed E-state index contributed by atoms with van der Waals surface area (Å²) < 4.78 is 21.6. The van der Waals surface area contributed by atoms with Crippen LogP contribution in [-0.2, 0) is 21.3 Å². The standard InChI is InChI=1S/C33H43ClN8O4/c1-19-29(41-14-12-33(13-15-41)18-45-20(2)28(33)36-31(43)46-32(3,4)5)37-30-27(35-19)26(39-42(30)24-9-7-8-16-44-24)21-10-11-23-22(25(21)34)17-40(6)38-23/h10-11,17,20,24,28H,7-9,12-16,18H2,1-6H3,(H,36,43)/t20-,24?,28+/m0/s1. The summed E-state index contributed by atoms with van der Waals surface area (Å²) in [5.41, 5.74) is 3.78. The summed E-state index contributed by atoms with van der Waals surface area (Å²) in [6.45, 7) is 12.5. The van der Waals surface area contributed by atoms with E-state index in [1.807, 2.05) is 64.7 Å². The molecular formula is C33H43ClN8O4. The second kappa shape index (κ2) is 11.6. The average molecular weight is 651 g/mol. The number of amides is 1. The summed E-state index contributed by atoms with van der Waals surface area (Å²) in [5, 5.41) is 14.2. The van der Waals surface area contributed by atoms with E-state index in [0.29, 0.717) is 35.1 Å². The van der Waals surface area contributed by atoms with Crippen molar-refractivity contribution in [3.05, 3.63) is 29.0 Å². The lowest BCUT2D eigenvalue weighted by atomic mass is 9.73. The molecule has 1 aromatic carbocycles. The smallest absolute Gasteiger partial charge is 0.407 e. The number of alkyl carbamates (subject to hydrolysis) is 1. The van der Waals surface area contributed by atoms with Gasteiger partial charge in [0.1, 0.15) is 16.8 Å². The highest BCUT2D eigenvalue weighted by atomic mass is 35.5. The summed E-state index contributed by atoms with van der Waals surface area (Å²) in [6.07, 6.45) is 5.82. The summed E-state index contributed by atoms with van der Waals surface area (Å²) in [4.78, 5) is 25.4. The molecular weight excluding hydrogens is 608 g/mol. The van der Waals surface area contributed by atoms with Gasteiger partial charge in [-0.3, -0.25) is 4.68 Å². The number of aryl methyl sites for hydroxylation is 2. The van der Waals surface area contributed by atoms with Crippen LogP contribution in [0.2, 0.25) is 5.02 Å². The number of nitrogens with one attached hydrogen (secondary N) is 1. The quantitative estimate of drug-likeness (QED) is 0.286. The monoisotopic (exact) mass is 650 g/mol. The molecule has 3 atom stereocenters. The number of aromatic nitrogens is 6. The number of benzene rings is 1. The van der Waals surface area contributed by atoms with Crippen molar-refractivity contribution in [1.82, 2.24) is 34.8 Å². The third kappa shape index (κ3) is 5.58. The van der Waals surface area contributed by atoms with Crippen LogP contribution in [0.4, 0.5) is 10.6 Å². The third-order valence-corrected chi connectivity index (χ3v) is 10.00. The Morgan fingerprint density at radius 2 is 1.91 bits per heavy atom. The maximum absolute atomic E-state index is 12.7. The minimum Gasteiger partial charge on any atom is -0.444 e. The number of hydrogen-bond acceptors (Lipinski definition) is 9. The minimum absolute atomic E-state index is 0.0991. The summed E-state index contributed by atoms with van der Waals surface area (Å²) in [7, 11) is 1.89. The largest absolute Gasteiger partial charge is 0.444 e. The van der Waals surface area contributed by atoms with Gasteiger partial charge >= 0.3 is 6.09 Å². The van der Waals surface area contributed by atoms with Crippen molar-refractivity contribution in [1.29, 1.82) is 0 Å². The molecule has 13 heteroatoms. The predicted molar refractivity (Wildman–Crippen MR) is 176 cm³/mol. The van der Waals surface area contributed by atoms with E-state index >= 15 is 0 Å². The first-order chi connectivity index (χ1) is 21.9. The molecule has 4 aromatic rings. The molecule has 0 saturated carbocycles. The molecule has 3 saturated heterocycles. The van der Waals surface area contributed by atoms with Crippen molar-refractivity contribution in [3.63, 3.8) is 0 Å². The predicted octanol–water partition coefficient (Wildman–Crippen LogP) is 5.94. The molecule has 0 radical (unpaired) electrons. The highest BCUT2D eigenvalue weighted by molar-refractivity contribution is 6.38. The van der Waals surface area contributed by atoms with Gasteiger partial charge in [-0.1, -0.05) is 11.6 Å². The molecule has 1 N–H and O–H groups in total. The molecule has 0 bridgehead atoms. The fourth-order valence-electron chi connectivity index (χ4n) is 7.29. The number of carbonyl (C=O) groups is 1. The Kier molecular flexibility index (Phi) is 7.88. The van der Waals surface area contributed by atoms with E-state index in [9.17, 15) is 4.79 Å². The van der Waals surface area contributed by atoms with Gasteiger partial charge in [-0.2, -0.15) is 10.2 Å². The average Bonchev–Trinajstić information content (AvgIpc) is 3.67. The Bertz CT molecular complexity index is 1780. The lowest BCUT2D eigenvalue weighted by Crippen LogP contribution is -2.55. The minimum atomic E-state index is -0.565. The lowest BCUT2D eigenvalue weighted by Gasteiger charge is -2.43.